The quantitative estimate of drug-likeness (QED) is 0.801. The van der Waals surface area contributed by atoms with Crippen molar-refractivity contribution in [2.75, 3.05) is 6.26 Å². The predicted octanol–water partition coefficient (Wildman–Crippen LogP) is 2.53. The molecule has 0 amide bonds. The molecular weight excluding hydrogens is 224 g/mol. The van der Waals surface area contributed by atoms with Crippen LogP contribution in [0.5, 0.6) is 0 Å². The highest BCUT2D eigenvalue weighted by Gasteiger charge is 2.03. The maximum atomic E-state index is 4.17. The standard InChI is InChI=1S/C7H11BrN2S/c1-3-10-6(5-11-2)4-9-7(10)8/h4H,3,5H2,1-2H3. The Labute approximate surface area is 79.5 Å². The van der Waals surface area contributed by atoms with Gasteiger partial charge in [0.1, 0.15) is 0 Å². The van der Waals surface area contributed by atoms with Gasteiger partial charge >= 0.3 is 0 Å². The third-order valence-electron chi connectivity index (χ3n) is 1.50. The molecule has 0 spiro atoms. The molecule has 0 aliphatic heterocycles. The van der Waals surface area contributed by atoms with Gasteiger partial charge in [0, 0.05) is 18.0 Å². The molecule has 11 heavy (non-hydrogen) atoms. The number of hydrogen-bond donors (Lipinski definition) is 0. The first-order valence-corrected chi connectivity index (χ1v) is 5.67. The monoisotopic (exact) mass is 234 g/mol. The molecule has 0 atom stereocenters. The number of thioether (sulfide) groups is 1. The van der Waals surface area contributed by atoms with Crippen molar-refractivity contribution in [3.05, 3.63) is 16.6 Å². The van der Waals surface area contributed by atoms with E-state index in [9.17, 15) is 0 Å². The third-order valence-corrected chi connectivity index (χ3v) is 2.72. The molecule has 0 saturated heterocycles. The topological polar surface area (TPSA) is 17.8 Å². The summed E-state index contributed by atoms with van der Waals surface area (Å²) in [6.07, 6.45) is 4.02. The number of imidazole rings is 1. The van der Waals surface area contributed by atoms with E-state index in [1.165, 1.54) is 5.69 Å². The van der Waals surface area contributed by atoms with Crippen LogP contribution in [0, 0.1) is 0 Å². The fourth-order valence-corrected chi connectivity index (χ4v) is 2.09. The summed E-state index contributed by atoms with van der Waals surface area (Å²) in [5.41, 5.74) is 1.28. The molecule has 0 radical (unpaired) electrons. The number of nitrogens with zero attached hydrogens (tertiary/aromatic N) is 2. The Kier molecular flexibility index (Phi) is 3.45. The van der Waals surface area contributed by atoms with Crippen molar-refractivity contribution in [3.63, 3.8) is 0 Å². The van der Waals surface area contributed by atoms with Gasteiger partial charge in [-0.05, 0) is 29.1 Å². The lowest BCUT2D eigenvalue weighted by Gasteiger charge is -2.03. The van der Waals surface area contributed by atoms with Gasteiger partial charge in [-0.25, -0.2) is 4.98 Å². The molecule has 0 bridgehead atoms. The SMILES string of the molecule is CCn1c(CSC)cnc1Br. The number of rotatable bonds is 3. The van der Waals surface area contributed by atoms with Crippen LogP contribution in [0.1, 0.15) is 12.6 Å². The molecule has 1 rings (SSSR count). The Hall–Kier alpha value is 0.0400. The summed E-state index contributed by atoms with van der Waals surface area (Å²) in [7, 11) is 0. The number of aromatic nitrogens is 2. The van der Waals surface area contributed by atoms with E-state index in [4.69, 9.17) is 0 Å². The van der Waals surface area contributed by atoms with Gasteiger partial charge in [-0.3, -0.25) is 0 Å². The minimum absolute atomic E-state index is 0.934. The molecule has 4 heteroatoms. The van der Waals surface area contributed by atoms with Crippen LogP contribution in [0.2, 0.25) is 0 Å². The highest BCUT2D eigenvalue weighted by Crippen LogP contribution is 2.15. The molecule has 0 N–H and O–H groups in total. The van der Waals surface area contributed by atoms with E-state index in [2.05, 4.69) is 38.7 Å². The summed E-state index contributed by atoms with van der Waals surface area (Å²) >= 11 is 5.21. The van der Waals surface area contributed by atoms with Crippen LogP contribution in [-0.4, -0.2) is 15.8 Å². The van der Waals surface area contributed by atoms with Crippen molar-refractivity contribution in [1.82, 2.24) is 9.55 Å². The molecule has 1 aromatic rings. The molecular formula is C7H11BrN2S. The van der Waals surface area contributed by atoms with Gasteiger partial charge in [-0.2, -0.15) is 11.8 Å². The Morgan fingerprint density at radius 3 is 3.00 bits per heavy atom. The van der Waals surface area contributed by atoms with Gasteiger partial charge in [-0.1, -0.05) is 0 Å². The molecule has 2 nitrogen and oxygen atoms in total. The molecule has 0 aliphatic carbocycles. The van der Waals surface area contributed by atoms with E-state index >= 15 is 0 Å². The minimum atomic E-state index is 0.934. The van der Waals surface area contributed by atoms with Crippen LogP contribution in [0.4, 0.5) is 0 Å². The van der Waals surface area contributed by atoms with Gasteiger partial charge < -0.3 is 4.57 Å². The van der Waals surface area contributed by atoms with E-state index in [1.807, 2.05) is 18.0 Å². The summed E-state index contributed by atoms with van der Waals surface area (Å²) in [4.78, 5) is 4.17. The fraction of sp³-hybridized carbons (Fsp3) is 0.571. The largest absolute Gasteiger partial charge is 0.322 e. The molecule has 0 unspecified atom stereocenters. The van der Waals surface area contributed by atoms with Crippen molar-refractivity contribution < 1.29 is 0 Å². The van der Waals surface area contributed by atoms with Crippen LogP contribution >= 0.6 is 27.7 Å². The lowest BCUT2D eigenvalue weighted by molar-refractivity contribution is 0.715. The summed E-state index contributed by atoms with van der Waals surface area (Å²) < 4.78 is 3.10. The summed E-state index contributed by atoms with van der Waals surface area (Å²) in [6, 6.07) is 0. The Balaban J connectivity index is 2.86. The second-order valence-corrected chi connectivity index (χ2v) is 3.77. The number of hydrogen-bond acceptors (Lipinski definition) is 2. The molecule has 62 valence electrons. The second kappa shape index (κ2) is 4.16. The number of halogens is 1. The smallest absolute Gasteiger partial charge is 0.177 e. The van der Waals surface area contributed by atoms with Crippen LogP contribution in [0.25, 0.3) is 0 Å². The molecule has 0 aromatic carbocycles. The van der Waals surface area contributed by atoms with Gasteiger partial charge in [0.25, 0.3) is 0 Å². The van der Waals surface area contributed by atoms with Gasteiger partial charge in [0.2, 0.25) is 0 Å². The average molecular weight is 235 g/mol. The van der Waals surface area contributed by atoms with Crippen LogP contribution in [-0.2, 0) is 12.3 Å². The van der Waals surface area contributed by atoms with Gasteiger partial charge in [0.15, 0.2) is 4.73 Å². The summed E-state index contributed by atoms with van der Waals surface area (Å²) in [5.74, 6) is 1.03. The van der Waals surface area contributed by atoms with E-state index in [0.717, 1.165) is 17.0 Å². The van der Waals surface area contributed by atoms with Crippen LogP contribution < -0.4 is 0 Å². The van der Waals surface area contributed by atoms with Crippen molar-refractivity contribution >= 4 is 27.7 Å². The lowest BCUT2D eigenvalue weighted by atomic mass is 10.5. The molecule has 1 heterocycles. The highest BCUT2D eigenvalue weighted by molar-refractivity contribution is 9.10. The first-order valence-electron chi connectivity index (χ1n) is 3.48. The third kappa shape index (κ3) is 1.99. The molecule has 1 aromatic heterocycles. The maximum absolute atomic E-state index is 4.17. The van der Waals surface area contributed by atoms with E-state index < -0.39 is 0 Å². The minimum Gasteiger partial charge on any atom is -0.322 e. The summed E-state index contributed by atoms with van der Waals surface area (Å²) in [5, 5.41) is 0. The molecule has 0 fully saturated rings. The van der Waals surface area contributed by atoms with Crippen molar-refractivity contribution in [1.29, 1.82) is 0 Å². The van der Waals surface area contributed by atoms with E-state index in [1.54, 1.807) is 0 Å². The first-order chi connectivity index (χ1) is 5.29. The van der Waals surface area contributed by atoms with Crippen LogP contribution in [0.15, 0.2) is 10.9 Å². The maximum Gasteiger partial charge on any atom is 0.177 e. The predicted molar refractivity (Wildman–Crippen MR) is 52.8 cm³/mol. The van der Waals surface area contributed by atoms with Crippen molar-refractivity contribution in [2.45, 2.75) is 19.2 Å². The zero-order valence-electron chi connectivity index (χ0n) is 6.67. The van der Waals surface area contributed by atoms with Crippen molar-refractivity contribution in [2.24, 2.45) is 0 Å². The normalized spacial score (nSPS) is 10.5. The van der Waals surface area contributed by atoms with Crippen molar-refractivity contribution in [3.8, 4) is 0 Å². The zero-order chi connectivity index (χ0) is 8.27. The Bertz CT molecular complexity index is 234. The highest BCUT2D eigenvalue weighted by atomic mass is 79.9. The second-order valence-electron chi connectivity index (χ2n) is 2.20. The van der Waals surface area contributed by atoms with Gasteiger partial charge in [0.05, 0.1) is 6.20 Å². The van der Waals surface area contributed by atoms with Gasteiger partial charge in [-0.15, -0.1) is 0 Å². The first kappa shape index (κ1) is 9.13. The fourth-order valence-electron chi connectivity index (χ4n) is 0.982. The van der Waals surface area contributed by atoms with E-state index in [0.29, 0.717) is 0 Å². The Morgan fingerprint density at radius 1 is 1.73 bits per heavy atom. The van der Waals surface area contributed by atoms with Crippen LogP contribution in [0.3, 0.4) is 0 Å². The Morgan fingerprint density at radius 2 is 2.45 bits per heavy atom. The average Bonchev–Trinajstić information content (AvgIpc) is 2.33. The molecule has 0 aliphatic rings. The summed E-state index contributed by atoms with van der Waals surface area (Å²) in [6.45, 7) is 3.10. The molecule has 0 saturated carbocycles. The van der Waals surface area contributed by atoms with E-state index in [-0.39, 0.29) is 0 Å². The zero-order valence-corrected chi connectivity index (χ0v) is 9.07. The lowest BCUT2D eigenvalue weighted by Crippen LogP contribution is -1.98.